The van der Waals surface area contributed by atoms with Crippen LogP contribution in [0.1, 0.15) is 70.7 Å². The van der Waals surface area contributed by atoms with Crippen molar-refractivity contribution in [3.05, 3.63) is 29.8 Å². The molecule has 218 valence electrons. The largest absolute Gasteiger partial charge is 0.372 e. The summed E-state index contributed by atoms with van der Waals surface area (Å²) in [5.74, 6) is -1.45. The second-order valence-electron chi connectivity index (χ2n) is 12.1. The first-order chi connectivity index (χ1) is 19.0. The summed E-state index contributed by atoms with van der Waals surface area (Å²) in [4.78, 5) is 70.6. The summed E-state index contributed by atoms with van der Waals surface area (Å²) in [6, 6.07) is 4.76. The van der Waals surface area contributed by atoms with Crippen molar-refractivity contribution in [3.8, 4) is 0 Å². The first-order valence-electron chi connectivity index (χ1n) is 14.5. The molecule has 40 heavy (non-hydrogen) atoms. The van der Waals surface area contributed by atoms with E-state index in [1.165, 1.54) is 24.7 Å². The molecule has 4 amide bonds. The van der Waals surface area contributed by atoms with Gasteiger partial charge in [-0.3, -0.25) is 24.0 Å². The molecule has 3 saturated heterocycles. The summed E-state index contributed by atoms with van der Waals surface area (Å²) in [6.07, 6.45) is 3.24. The lowest BCUT2D eigenvalue weighted by molar-refractivity contribution is -0.138. The van der Waals surface area contributed by atoms with Crippen LogP contribution < -0.4 is 15.5 Å². The molecule has 2 N–H and O–H groups in total. The van der Waals surface area contributed by atoms with Gasteiger partial charge in [0.2, 0.25) is 17.7 Å². The Hall–Kier alpha value is -3.43. The van der Waals surface area contributed by atoms with Gasteiger partial charge >= 0.3 is 0 Å². The van der Waals surface area contributed by atoms with Crippen molar-refractivity contribution < 1.29 is 24.0 Å². The van der Waals surface area contributed by atoms with Gasteiger partial charge < -0.3 is 25.3 Å². The van der Waals surface area contributed by atoms with E-state index in [-0.39, 0.29) is 47.8 Å². The number of likely N-dealkylation sites (tertiary alicyclic amines) is 2. The highest BCUT2D eigenvalue weighted by Gasteiger charge is 2.53. The van der Waals surface area contributed by atoms with E-state index >= 15 is 0 Å². The van der Waals surface area contributed by atoms with Gasteiger partial charge in [0.15, 0.2) is 5.78 Å². The predicted octanol–water partition coefficient (Wildman–Crippen LogP) is 1.97. The molecule has 10 nitrogen and oxygen atoms in total. The molecular weight excluding hydrogens is 510 g/mol. The lowest BCUT2D eigenvalue weighted by Crippen LogP contribution is -2.54. The third kappa shape index (κ3) is 6.31. The lowest BCUT2D eigenvalue weighted by Gasteiger charge is -2.30. The minimum Gasteiger partial charge on any atom is -0.372 e. The number of anilines is 1. The minimum atomic E-state index is -0.787. The van der Waals surface area contributed by atoms with E-state index in [2.05, 4.69) is 15.5 Å². The van der Waals surface area contributed by atoms with Crippen LogP contribution in [0.2, 0.25) is 0 Å². The normalized spacial score (nSPS) is 22.1. The Labute approximate surface area is 236 Å². The summed E-state index contributed by atoms with van der Waals surface area (Å²) in [6.45, 7) is 11.3. The molecule has 10 heteroatoms. The van der Waals surface area contributed by atoms with Crippen LogP contribution in [0.5, 0.6) is 0 Å². The fraction of sp³-hybridized carbons (Fsp3) is 0.633. The van der Waals surface area contributed by atoms with Crippen LogP contribution >= 0.6 is 0 Å². The van der Waals surface area contributed by atoms with Crippen LogP contribution in [0.3, 0.4) is 0 Å². The number of amides is 4. The molecule has 0 aromatic heterocycles. The Balaban J connectivity index is 1.47. The number of rotatable bonds is 9. The summed E-state index contributed by atoms with van der Waals surface area (Å²) >= 11 is 0. The molecule has 0 bridgehead atoms. The van der Waals surface area contributed by atoms with Crippen LogP contribution in [-0.4, -0.2) is 89.6 Å². The Morgan fingerprint density at radius 1 is 0.900 bits per heavy atom. The highest BCUT2D eigenvalue weighted by molar-refractivity contribution is 6.01. The summed E-state index contributed by atoms with van der Waals surface area (Å²) < 4.78 is 0. The van der Waals surface area contributed by atoms with Crippen LogP contribution in [0.4, 0.5) is 5.69 Å². The third-order valence-corrected chi connectivity index (χ3v) is 8.19. The van der Waals surface area contributed by atoms with Crippen molar-refractivity contribution in [3.63, 3.8) is 0 Å². The number of benzene rings is 1. The fourth-order valence-corrected chi connectivity index (χ4v) is 6.20. The van der Waals surface area contributed by atoms with Crippen molar-refractivity contribution >= 4 is 35.1 Å². The number of carbonyl (C=O) groups is 5. The van der Waals surface area contributed by atoms with Crippen LogP contribution in [0.15, 0.2) is 24.3 Å². The molecule has 3 aliphatic heterocycles. The van der Waals surface area contributed by atoms with E-state index < -0.39 is 24.2 Å². The topological polar surface area (TPSA) is 119 Å². The highest BCUT2D eigenvalue weighted by atomic mass is 16.2. The Bertz CT molecular complexity index is 1130. The van der Waals surface area contributed by atoms with Crippen LogP contribution in [0, 0.1) is 11.8 Å². The van der Waals surface area contributed by atoms with Crippen molar-refractivity contribution in [1.29, 1.82) is 0 Å². The van der Waals surface area contributed by atoms with Crippen molar-refractivity contribution in [2.24, 2.45) is 11.8 Å². The maximum absolute atomic E-state index is 13.8. The molecule has 3 aliphatic rings. The van der Waals surface area contributed by atoms with Gasteiger partial charge in [-0.2, -0.15) is 0 Å². The van der Waals surface area contributed by atoms with E-state index in [1.54, 1.807) is 17.0 Å². The van der Waals surface area contributed by atoms with Gasteiger partial charge in [-0.25, -0.2) is 0 Å². The van der Waals surface area contributed by atoms with Crippen molar-refractivity contribution in [1.82, 2.24) is 20.4 Å². The number of fused-ring (bicyclic) bond motifs is 1. The third-order valence-electron chi connectivity index (χ3n) is 8.19. The molecule has 0 radical (unpaired) electrons. The first kappa shape index (κ1) is 29.6. The highest BCUT2D eigenvalue weighted by Crippen LogP contribution is 2.32. The van der Waals surface area contributed by atoms with E-state index in [0.29, 0.717) is 24.9 Å². The van der Waals surface area contributed by atoms with Gasteiger partial charge in [-0.15, -0.1) is 0 Å². The number of hydrogen-bond donors (Lipinski definition) is 2. The Morgan fingerprint density at radius 3 is 2.12 bits per heavy atom. The standard InChI is InChI=1S/C30H43N5O5/c1-18(2)16-23(32-28(38)21-8-10-22(11-9-21)33-13-6-7-14-33)29(39)34-15-12-24-27(34)25(37)17-35(24)30(40)26(19(3)4)31-20(5)36/h8-11,18-19,23-24,26-27H,6-7,12-17H2,1-5H3,(H,31,36)(H,32,38). The average Bonchev–Trinajstić information content (AvgIpc) is 3.65. The molecule has 3 fully saturated rings. The molecule has 3 heterocycles. The Morgan fingerprint density at radius 2 is 1.55 bits per heavy atom. The van der Waals surface area contributed by atoms with E-state index in [9.17, 15) is 24.0 Å². The summed E-state index contributed by atoms with van der Waals surface area (Å²) in [5.41, 5.74) is 1.57. The summed E-state index contributed by atoms with van der Waals surface area (Å²) in [7, 11) is 0. The predicted molar refractivity (Wildman–Crippen MR) is 152 cm³/mol. The number of ketones is 1. The molecule has 1 aromatic rings. The number of nitrogens with one attached hydrogen (secondary N) is 2. The van der Waals surface area contributed by atoms with Gasteiger partial charge in [0.1, 0.15) is 18.1 Å². The number of hydrogen-bond acceptors (Lipinski definition) is 6. The van der Waals surface area contributed by atoms with Gasteiger partial charge in [-0.05, 0) is 61.8 Å². The van der Waals surface area contributed by atoms with E-state index in [1.807, 2.05) is 39.8 Å². The van der Waals surface area contributed by atoms with Gasteiger partial charge in [0, 0.05) is 37.8 Å². The molecule has 0 saturated carbocycles. The zero-order valence-corrected chi connectivity index (χ0v) is 24.3. The second kappa shape index (κ2) is 12.4. The van der Waals surface area contributed by atoms with Gasteiger partial charge in [0.25, 0.3) is 5.91 Å². The lowest BCUT2D eigenvalue weighted by atomic mass is 10.0. The quantitative estimate of drug-likeness (QED) is 0.483. The molecule has 4 rings (SSSR count). The maximum atomic E-state index is 13.8. The molecule has 0 spiro atoms. The smallest absolute Gasteiger partial charge is 0.251 e. The van der Waals surface area contributed by atoms with E-state index in [4.69, 9.17) is 0 Å². The van der Waals surface area contributed by atoms with E-state index in [0.717, 1.165) is 18.8 Å². The summed E-state index contributed by atoms with van der Waals surface area (Å²) in [5, 5.41) is 5.64. The number of nitrogens with zero attached hydrogens (tertiary/aromatic N) is 3. The molecule has 0 aliphatic carbocycles. The zero-order chi connectivity index (χ0) is 29.1. The fourth-order valence-electron chi connectivity index (χ4n) is 6.20. The van der Waals surface area contributed by atoms with Gasteiger partial charge in [-0.1, -0.05) is 27.7 Å². The number of carbonyl (C=O) groups excluding carboxylic acids is 5. The molecule has 4 atom stereocenters. The van der Waals surface area contributed by atoms with Gasteiger partial charge in [0.05, 0.1) is 12.6 Å². The first-order valence-corrected chi connectivity index (χ1v) is 14.5. The SMILES string of the molecule is CC(=O)NC(C(=O)N1CC(=O)C2C1CCN2C(=O)C(CC(C)C)NC(=O)c1ccc(N2CCCC2)cc1)C(C)C. The average molecular weight is 554 g/mol. The molecule has 4 unspecified atom stereocenters. The maximum Gasteiger partial charge on any atom is 0.251 e. The second-order valence-corrected chi connectivity index (χ2v) is 12.1. The van der Waals surface area contributed by atoms with Crippen LogP contribution in [0.25, 0.3) is 0 Å². The number of Topliss-reactive ketones (excluding diaryl/α,β-unsaturated/α-hetero) is 1. The molecular formula is C30H43N5O5. The van der Waals surface area contributed by atoms with Crippen LogP contribution in [-0.2, 0) is 19.2 Å². The van der Waals surface area contributed by atoms with Crippen molar-refractivity contribution in [2.75, 3.05) is 31.1 Å². The monoisotopic (exact) mass is 553 g/mol. The molecule has 1 aromatic carbocycles. The van der Waals surface area contributed by atoms with Crippen molar-refractivity contribution in [2.45, 2.75) is 84.5 Å². The Kier molecular flexibility index (Phi) is 9.15. The zero-order valence-electron chi connectivity index (χ0n) is 24.3. The minimum absolute atomic E-state index is 0.0919.